The molecule has 0 fully saturated rings. The molecule has 1 aliphatic rings. The Balaban J connectivity index is 2.59. The minimum atomic E-state index is -0.930. The second kappa shape index (κ2) is 5.79. The van der Waals surface area contributed by atoms with E-state index in [0.717, 1.165) is 10.0 Å². The van der Waals surface area contributed by atoms with Crippen molar-refractivity contribution in [1.29, 1.82) is 0 Å². The van der Waals surface area contributed by atoms with Crippen molar-refractivity contribution in [3.63, 3.8) is 0 Å². The van der Waals surface area contributed by atoms with E-state index < -0.39 is 11.9 Å². The number of hydrogen-bond donors (Lipinski definition) is 2. The molecular weight excluding hydrogens is 314 g/mol. The summed E-state index contributed by atoms with van der Waals surface area (Å²) >= 11 is 3.49. The van der Waals surface area contributed by atoms with Gasteiger partial charge >= 0.3 is 5.97 Å². The second-order valence-electron chi connectivity index (χ2n) is 4.26. The number of aliphatic carboxylic acids is 1. The molecular formula is C13H16BrNO4. The first-order chi connectivity index (χ1) is 9.10. The van der Waals surface area contributed by atoms with Gasteiger partial charge in [0.05, 0.1) is 10.4 Å². The van der Waals surface area contributed by atoms with Crippen molar-refractivity contribution in [2.45, 2.75) is 19.3 Å². The lowest BCUT2D eigenvalue weighted by atomic mass is 9.92. The quantitative estimate of drug-likeness (QED) is 0.881. The van der Waals surface area contributed by atoms with Gasteiger partial charge in [-0.3, -0.25) is 4.79 Å². The maximum absolute atomic E-state index is 11.3. The maximum atomic E-state index is 11.3. The molecule has 1 atom stereocenters. The Labute approximate surface area is 119 Å². The van der Waals surface area contributed by atoms with E-state index in [1.54, 1.807) is 6.07 Å². The molecule has 0 radical (unpaired) electrons. The summed E-state index contributed by atoms with van der Waals surface area (Å²) in [6, 6.07) is 1.74. The molecule has 0 spiro atoms. The standard InChI is InChI=1S/C13H16BrNO4/c1-2-7-8(9(6-15)13(16)17)5-10-12(11(7)14)19-4-3-18-10/h5,9H,2-4,6,15H2,1H3,(H,16,17). The molecule has 5 nitrogen and oxygen atoms in total. The highest BCUT2D eigenvalue weighted by Crippen LogP contribution is 2.43. The number of rotatable bonds is 4. The smallest absolute Gasteiger partial charge is 0.312 e. The number of benzene rings is 1. The number of carboxylic acids is 1. The Morgan fingerprint density at radius 3 is 2.79 bits per heavy atom. The molecule has 1 aromatic carbocycles. The van der Waals surface area contributed by atoms with Crippen LogP contribution in [0, 0.1) is 0 Å². The summed E-state index contributed by atoms with van der Waals surface area (Å²) in [6.07, 6.45) is 0.691. The van der Waals surface area contributed by atoms with Gasteiger partial charge in [0.25, 0.3) is 0 Å². The van der Waals surface area contributed by atoms with Crippen LogP contribution in [0.3, 0.4) is 0 Å². The molecule has 0 aromatic heterocycles. The molecule has 0 saturated carbocycles. The predicted octanol–water partition coefficient (Wildman–Crippen LogP) is 1.91. The zero-order valence-electron chi connectivity index (χ0n) is 10.6. The molecule has 2 rings (SSSR count). The Bertz CT molecular complexity index is 504. The molecule has 3 N–H and O–H groups in total. The first kappa shape index (κ1) is 14.1. The summed E-state index contributed by atoms with van der Waals surface area (Å²) in [5, 5.41) is 9.27. The van der Waals surface area contributed by atoms with Gasteiger partial charge in [0.15, 0.2) is 11.5 Å². The molecule has 19 heavy (non-hydrogen) atoms. The van der Waals surface area contributed by atoms with Crippen molar-refractivity contribution >= 4 is 21.9 Å². The van der Waals surface area contributed by atoms with Crippen LogP contribution in [-0.2, 0) is 11.2 Å². The largest absolute Gasteiger partial charge is 0.486 e. The molecule has 0 bridgehead atoms. The second-order valence-corrected chi connectivity index (χ2v) is 5.06. The Morgan fingerprint density at radius 1 is 1.53 bits per heavy atom. The third-order valence-corrected chi connectivity index (χ3v) is 4.01. The molecule has 0 amide bonds. The predicted molar refractivity (Wildman–Crippen MR) is 73.9 cm³/mol. The van der Waals surface area contributed by atoms with Crippen LogP contribution in [0.4, 0.5) is 0 Å². The molecule has 1 unspecified atom stereocenters. The van der Waals surface area contributed by atoms with Crippen LogP contribution in [-0.4, -0.2) is 30.8 Å². The Hall–Kier alpha value is -1.27. The van der Waals surface area contributed by atoms with E-state index in [2.05, 4.69) is 15.9 Å². The van der Waals surface area contributed by atoms with E-state index in [4.69, 9.17) is 15.2 Å². The van der Waals surface area contributed by atoms with Crippen molar-refractivity contribution < 1.29 is 19.4 Å². The van der Waals surface area contributed by atoms with Gasteiger partial charge in [-0.05, 0) is 39.5 Å². The highest BCUT2D eigenvalue weighted by Gasteiger charge is 2.27. The van der Waals surface area contributed by atoms with E-state index in [9.17, 15) is 9.90 Å². The first-order valence-electron chi connectivity index (χ1n) is 6.13. The zero-order valence-corrected chi connectivity index (χ0v) is 12.2. The summed E-state index contributed by atoms with van der Waals surface area (Å²) in [5.74, 6) is -0.444. The third-order valence-electron chi connectivity index (χ3n) is 3.17. The average Bonchev–Trinajstić information content (AvgIpc) is 2.39. The van der Waals surface area contributed by atoms with Gasteiger partial charge in [0, 0.05) is 6.54 Å². The lowest BCUT2D eigenvalue weighted by molar-refractivity contribution is -0.138. The van der Waals surface area contributed by atoms with Crippen LogP contribution in [0.5, 0.6) is 11.5 Å². The fourth-order valence-corrected chi connectivity index (χ4v) is 3.05. The van der Waals surface area contributed by atoms with Gasteiger partial charge in [0.2, 0.25) is 0 Å². The maximum Gasteiger partial charge on any atom is 0.312 e. The first-order valence-corrected chi connectivity index (χ1v) is 6.93. The molecule has 1 aliphatic heterocycles. The van der Waals surface area contributed by atoms with Gasteiger partial charge in [0.1, 0.15) is 13.2 Å². The number of carboxylic acid groups (broad SMARTS) is 1. The monoisotopic (exact) mass is 329 g/mol. The van der Waals surface area contributed by atoms with Crippen LogP contribution in [0.2, 0.25) is 0 Å². The SMILES string of the molecule is CCc1c(C(CN)C(=O)O)cc2c(c1Br)OCCO2. The van der Waals surface area contributed by atoms with Gasteiger partial charge in [-0.2, -0.15) is 0 Å². The molecule has 0 aliphatic carbocycles. The number of halogens is 1. The summed E-state index contributed by atoms with van der Waals surface area (Å²) in [5.41, 5.74) is 7.18. The van der Waals surface area contributed by atoms with Gasteiger partial charge in [-0.15, -0.1) is 0 Å². The van der Waals surface area contributed by atoms with Crippen LogP contribution >= 0.6 is 15.9 Å². The molecule has 1 heterocycles. The molecule has 1 aromatic rings. The Kier molecular flexibility index (Phi) is 4.31. The fourth-order valence-electron chi connectivity index (χ4n) is 2.23. The van der Waals surface area contributed by atoms with Gasteiger partial charge in [-0.1, -0.05) is 6.92 Å². The van der Waals surface area contributed by atoms with Gasteiger partial charge in [-0.25, -0.2) is 0 Å². The topological polar surface area (TPSA) is 81.8 Å². The number of ether oxygens (including phenoxy) is 2. The lowest BCUT2D eigenvalue weighted by Crippen LogP contribution is -2.24. The number of hydrogen-bond acceptors (Lipinski definition) is 4. The van der Waals surface area contributed by atoms with E-state index >= 15 is 0 Å². The van der Waals surface area contributed by atoms with Crippen molar-refractivity contribution in [2.75, 3.05) is 19.8 Å². The summed E-state index contributed by atoms with van der Waals surface area (Å²) in [7, 11) is 0. The average molecular weight is 330 g/mol. The molecule has 104 valence electrons. The summed E-state index contributed by atoms with van der Waals surface area (Å²) < 4.78 is 11.9. The van der Waals surface area contributed by atoms with Crippen molar-refractivity contribution in [2.24, 2.45) is 5.73 Å². The molecule has 0 saturated heterocycles. The lowest BCUT2D eigenvalue weighted by Gasteiger charge is -2.24. The number of nitrogens with two attached hydrogens (primary N) is 1. The minimum Gasteiger partial charge on any atom is -0.486 e. The normalized spacial score (nSPS) is 15.1. The fraction of sp³-hybridized carbons (Fsp3) is 0.462. The van der Waals surface area contributed by atoms with Crippen molar-refractivity contribution in [1.82, 2.24) is 0 Å². The summed E-state index contributed by atoms with van der Waals surface area (Å²) in [6.45, 7) is 2.97. The van der Waals surface area contributed by atoms with E-state index in [1.165, 1.54) is 0 Å². The zero-order chi connectivity index (χ0) is 14.0. The van der Waals surface area contributed by atoms with Crippen LogP contribution < -0.4 is 15.2 Å². The van der Waals surface area contributed by atoms with E-state index in [1.807, 2.05) is 6.92 Å². The van der Waals surface area contributed by atoms with Crippen LogP contribution in [0.15, 0.2) is 10.5 Å². The summed E-state index contributed by atoms with van der Waals surface area (Å²) in [4.78, 5) is 11.3. The molecule has 6 heteroatoms. The number of fused-ring (bicyclic) bond motifs is 1. The third kappa shape index (κ3) is 2.55. The van der Waals surface area contributed by atoms with Crippen LogP contribution in [0.1, 0.15) is 24.0 Å². The van der Waals surface area contributed by atoms with Crippen LogP contribution in [0.25, 0.3) is 0 Å². The highest BCUT2D eigenvalue weighted by molar-refractivity contribution is 9.10. The van der Waals surface area contributed by atoms with Crippen molar-refractivity contribution in [3.05, 3.63) is 21.7 Å². The van der Waals surface area contributed by atoms with Gasteiger partial charge < -0.3 is 20.3 Å². The van der Waals surface area contributed by atoms with E-state index in [-0.39, 0.29) is 6.54 Å². The number of carbonyl (C=O) groups is 1. The highest BCUT2D eigenvalue weighted by atomic mass is 79.9. The van der Waals surface area contributed by atoms with E-state index in [0.29, 0.717) is 36.7 Å². The van der Waals surface area contributed by atoms with Crippen molar-refractivity contribution in [3.8, 4) is 11.5 Å². The minimum absolute atomic E-state index is 0.0500. The Morgan fingerprint density at radius 2 is 2.21 bits per heavy atom.